The van der Waals surface area contributed by atoms with E-state index in [1.807, 2.05) is 6.92 Å². The summed E-state index contributed by atoms with van der Waals surface area (Å²) in [6.45, 7) is 6.93. The molecule has 0 spiro atoms. The summed E-state index contributed by atoms with van der Waals surface area (Å²) < 4.78 is 31.0. The summed E-state index contributed by atoms with van der Waals surface area (Å²) in [6, 6.07) is 13.3. The third-order valence-electron chi connectivity index (χ3n) is 6.61. The first kappa shape index (κ1) is 30.3. The number of furan rings is 1. The van der Waals surface area contributed by atoms with Crippen molar-refractivity contribution in [1.29, 1.82) is 0 Å². The van der Waals surface area contributed by atoms with Crippen molar-refractivity contribution in [3.8, 4) is 11.5 Å². The summed E-state index contributed by atoms with van der Waals surface area (Å²) in [6.07, 6.45) is 2.20. The fraction of sp³-hybridized carbons (Fsp3) is 0.290. The van der Waals surface area contributed by atoms with E-state index in [4.69, 9.17) is 13.9 Å². The van der Waals surface area contributed by atoms with Crippen LogP contribution < -0.4 is 14.4 Å². The Morgan fingerprint density at radius 1 is 1.14 bits per heavy atom. The molecule has 9 nitrogen and oxygen atoms in total. The summed E-state index contributed by atoms with van der Waals surface area (Å²) in [4.78, 5) is 28.4. The zero-order valence-electron chi connectivity index (χ0n) is 23.8. The van der Waals surface area contributed by atoms with E-state index in [0.717, 1.165) is 23.3 Å². The number of rotatable bonds is 13. The number of carbonyl (C=O) groups excluding carboxylic acids is 2. The minimum atomic E-state index is -1.04. The minimum absolute atomic E-state index is 0.0207. The van der Waals surface area contributed by atoms with Gasteiger partial charge in [-0.2, -0.15) is 0 Å². The number of aliphatic hydroxyl groups excluding tert-OH is 1. The molecule has 1 aliphatic rings. The number of benzene rings is 2. The molecule has 3 heterocycles. The molecule has 0 saturated carbocycles. The van der Waals surface area contributed by atoms with E-state index in [1.165, 1.54) is 41.1 Å². The molecule has 1 N–H and O–H groups in total. The lowest BCUT2D eigenvalue weighted by atomic mass is 9.95. The van der Waals surface area contributed by atoms with Crippen molar-refractivity contribution in [3.63, 3.8) is 0 Å². The quantitative estimate of drug-likeness (QED) is 0.0940. The molecule has 224 valence electrons. The van der Waals surface area contributed by atoms with Crippen LogP contribution in [0.15, 0.2) is 80.9 Å². The van der Waals surface area contributed by atoms with Crippen LogP contribution in [0, 0.1) is 11.7 Å². The van der Waals surface area contributed by atoms with E-state index in [9.17, 15) is 19.1 Å². The van der Waals surface area contributed by atoms with Crippen LogP contribution in [-0.4, -0.2) is 40.2 Å². The number of aliphatic hydroxyl groups is 1. The van der Waals surface area contributed by atoms with Crippen molar-refractivity contribution in [2.45, 2.75) is 43.3 Å². The number of hydrogen-bond donors (Lipinski definition) is 1. The Morgan fingerprint density at radius 3 is 2.63 bits per heavy atom. The fourth-order valence-corrected chi connectivity index (χ4v) is 6.28. The molecule has 0 saturated heterocycles. The maximum Gasteiger partial charge on any atom is 0.296 e. The number of amides is 1. The molecule has 0 radical (unpaired) electrons. The Labute approximate surface area is 256 Å². The highest BCUT2D eigenvalue weighted by Gasteiger charge is 2.47. The van der Waals surface area contributed by atoms with Crippen molar-refractivity contribution in [3.05, 3.63) is 94.9 Å². The van der Waals surface area contributed by atoms with E-state index < -0.39 is 23.5 Å². The van der Waals surface area contributed by atoms with Crippen LogP contribution in [0.25, 0.3) is 0 Å². The zero-order chi connectivity index (χ0) is 30.5. The smallest absolute Gasteiger partial charge is 0.296 e. The fourth-order valence-electron chi connectivity index (χ4n) is 4.46. The zero-order valence-corrected chi connectivity index (χ0v) is 25.4. The van der Waals surface area contributed by atoms with E-state index in [2.05, 4.69) is 24.0 Å². The lowest BCUT2D eigenvalue weighted by molar-refractivity contribution is -0.117. The second kappa shape index (κ2) is 13.4. The summed E-state index contributed by atoms with van der Waals surface area (Å²) in [5.74, 6) is -0.513. The van der Waals surface area contributed by atoms with E-state index in [-0.39, 0.29) is 22.3 Å². The van der Waals surface area contributed by atoms with Crippen molar-refractivity contribution < 1.29 is 33.0 Å². The first-order valence-corrected chi connectivity index (χ1v) is 15.5. The van der Waals surface area contributed by atoms with Gasteiger partial charge >= 0.3 is 0 Å². The van der Waals surface area contributed by atoms with Gasteiger partial charge in [0, 0.05) is 5.75 Å². The van der Waals surface area contributed by atoms with Gasteiger partial charge in [0.05, 0.1) is 31.1 Å². The number of aromatic nitrogens is 2. The normalized spacial score (nSPS) is 15.0. The number of thioether (sulfide) groups is 1. The van der Waals surface area contributed by atoms with Gasteiger partial charge < -0.3 is 19.0 Å². The molecular formula is C31H30FN3O6S2. The summed E-state index contributed by atoms with van der Waals surface area (Å²) in [7, 11) is 0. The summed E-state index contributed by atoms with van der Waals surface area (Å²) in [5, 5.41) is 19.7. The first-order valence-electron chi connectivity index (χ1n) is 13.7. The standard InChI is InChI=1S/C31H30FN3O6S2/c1-4-39-24-16-20(9-12-22(24)41-15-13-18(2)3)26-25(27(36)23-6-5-14-40-23)28(37)29(38)35(26)30-33-34-31(43-30)42-17-19-7-10-21(32)11-8-19/h5-12,14,16,18,26,37H,4,13,15,17H2,1-3H3. The SMILES string of the molecule is CCOc1cc(C2C(C(=O)c3ccco3)=C(O)C(=O)N2c2nnc(SCc3ccc(F)cc3)s2)ccc1OCCC(C)C. The van der Waals surface area contributed by atoms with E-state index in [1.54, 1.807) is 36.4 Å². The molecule has 4 aromatic rings. The average Bonchev–Trinajstić information content (AvgIpc) is 3.74. The van der Waals surface area contributed by atoms with Gasteiger partial charge in [-0.25, -0.2) is 4.39 Å². The monoisotopic (exact) mass is 623 g/mol. The highest BCUT2D eigenvalue weighted by molar-refractivity contribution is 8.00. The minimum Gasteiger partial charge on any atom is -0.503 e. The molecule has 5 rings (SSSR count). The summed E-state index contributed by atoms with van der Waals surface area (Å²) in [5.41, 5.74) is 1.25. The number of anilines is 1. The Kier molecular flexibility index (Phi) is 9.46. The van der Waals surface area contributed by atoms with Crippen molar-refractivity contribution in [1.82, 2.24) is 10.2 Å². The molecule has 43 heavy (non-hydrogen) atoms. The van der Waals surface area contributed by atoms with Crippen molar-refractivity contribution in [2.24, 2.45) is 5.92 Å². The van der Waals surface area contributed by atoms with Gasteiger partial charge in [-0.15, -0.1) is 10.2 Å². The molecular weight excluding hydrogens is 593 g/mol. The number of hydrogen-bond acceptors (Lipinski definition) is 10. The maximum absolute atomic E-state index is 13.6. The van der Waals surface area contributed by atoms with Gasteiger partial charge in [-0.05, 0) is 66.8 Å². The molecule has 1 amide bonds. The highest BCUT2D eigenvalue weighted by Crippen LogP contribution is 2.45. The van der Waals surface area contributed by atoms with Crippen molar-refractivity contribution in [2.75, 3.05) is 18.1 Å². The average molecular weight is 624 g/mol. The number of Topliss-reactive ketones (excluding diaryl/α,β-unsaturated/α-hetero) is 1. The molecule has 0 bridgehead atoms. The number of nitrogens with zero attached hydrogens (tertiary/aromatic N) is 3. The van der Waals surface area contributed by atoms with E-state index in [0.29, 0.717) is 46.3 Å². The molecule has 1 unspecified atom stereocenters. The number of ketones is 1. The molecule has 2 aromatic carbocycles. The van der Waals surface area contributed by atoms with Crippen LogP contribution in [0.5, 0.6) is 11.5 Å². The third-order valence-corrected chi connectivity index (χ3v) is 8.74. The van der Waals surface area contributed by atoms with Gasteiger partial charge in [0.2, 0.25) is 10.9 Å². The maximum atomic E-state index is 13.6. The van der Waals surface area contributed by atoms with Gasteiger partial charge in [0.25, 0.3) is 5.91 Å². The van der Waals surface area contributed by atoms with Crippen molar-refractivity contribution >= 4 is 39.9 Å². The van der Waals surface area contributed by atoms with Crippen LogP contribution in [0.3, 0.4) is 0 Å². The molecule has 0 fully saturated rings. The largest absolute Gasteiger partial charge is 0.503 e. The molecule has 0 aliphatic carbocycles. The topological polar surface area (TPSA) is 115 Å². The predicted octanol–water partition coefficient (Wildman–Crippen LogP) is 7.17. The van der Waals surface area contributed by atoms with Crippen LogP contribution in [0.2, 0.25) is 0 Å². The third kappa shape index (κ3) is 6.75. The lowest BCUT2D eigenvalue weighted by Gasteiger charge is -2.25. The van der Waals surface area contributed by atoms with Gasteiger partial charge in [0.1, 0.15) is 5.82 Å². The Balaban J connectivity index is 1.50. The lowest BCUT2D eigenvalue weighted by Crippen LogP contribution is -2.31. The van der Waals surface area contributed by atoms with Gasteiger partial charge in [-0.1, -0.05) is 55.1 Å². The summed E-state index contributed by atoms with van der Waals surface area (Å²) >= 11 is 2.52. The van der Waals surface area contributed by atoms with E-state index >= 15 is 0 Å². The number of ether oxygens (including phenoxy) is 2. The van der Waals surface area contributed by atoms with Crippen LogP contribution in [-0.2, 0) is 10.5 Å². The Hall–Kier alpha value is -4.16. The van der Waals surface area contributed by atoms with Crippen LogP contribution >= 0.6 is 23.1 Å². The second-order valence-electron chi connectivity index (χ2n) is 10.1. The predicted molar refractivity (Wildman–Crippen MR) is 161 cm³/mol. The van der Waals surface area contributed by atoms with Gasteiger partial charge in [-0.3, -0.25) is 14.5 Å². The molecule has 1 aliphatic heterocycles. The number of halogens is 1. The molecule has 1 atom stereocenters. The Bertz CT molecular complexity index is 1620. The van der Waals surface area contributed by atoms with Crippen LogP contribution in [0.1, 0.15) is 54.9 Å². The molecule has 12 heteroatoms. The Morgan fingerprint density at radius 2 is 1.93 bits per heavy atom. The number of carbonyl (C=O) groups is 2. The van der Waals surface area contributed by atoms with Crippen LogP contribution in [0.4, 0.5) is 9.52 Å². The highest BCUT2D eigenvalue weighted by atomic mass is 32.2. The van der Waals surface area contributed by atoms with Gasteiger partial charge in [0.15, 0.2) is 27.4 Å². The second-order valence-corrected chi connectivity index (χ2v) is 12.3. The molecule has 2 aromatic heterocycles. The first-order chi connectivity index (χ1) is 20.8.